The van der Waals surface area contributed by atoms with Crippen molar-refractivity contribution >= 4 is 12.4 Å². The van der Waals surface area contributed by atoms with Crippen LogP contribution in [0.2, 0.25) is 0 Å². The van der Waals surface area contributed by atoms with Crippen LogP contribution in [0.4, 0.5) is 0 Å². The zero-order chi connectivity index (χ0) is 8.16. The van der Waals surface area contributed by atoms with Crippen molar-refractivity contribution in [2.75, 3.05) is 0 Å². The Kier molecular flexibility index (Phi) is 2.36. The molecule has 2 heteroatoms. The van der Waals surface area contributed by atoms with E-state index in [1.165, 1.54) is 0 Å². The Morgan fingerprint density at radius 3 is 1.91 bits per heavy atom. The van der Waals surface area contributed by atoms with Crippen LogP contribution in [0.5, 0.6) is 0 Å². The fourth-order valence-corrected chi connectivity index (χ4v) is 1.13. The molecule has 0 amide bonds. The van der Waals surface area contributed by atoms with E-state index >= 15 is 0 Å². The lowest BCUT2D eigenvalue weighted by atomic mass is 10.0. The number of rotatable bonds is 4. The molecule has 0 unspecified atom stereocenters. The topological polar surface area (TPSA) is 24.7 Å². The van der Waals surface area contributed by atoms with Crippen molar-refractivity contribution in [3.63, 3.8) is 0 Å². The highest BCUT2D eigenvalue weighted by Gasteiger charge is 2.25. The van der Waals surface area contributed by atoms with Gasteiger partial charge in [-0.3, -0.25) is 9.98 Å². The van der Waals surface area contributed by atoms with Crippen molar-refractivity contribution in [1.82, 2.24) is 0 Å². The zero-order valence-electron chi connectivity index (χ0n) is 6.53. The fraction of sp³-hybridized carbons (Fsp3) is 0.333. The second-order valence-electron chi connectivity index (χ2n) is 2.52. The van der Waals surface area contributed by atoms with Crippen LogP contribution < -0.4 is 0 Å². The van der Waals surface area contributed by atoms with Crippen molar-refractivity contribution in [3.8, 4) is 0 Å². The summed E-state index contributed by atoms with van der Waals surface area (Å²) in [6, 6.07) is 0. The Bertz CT molecular complexity index is 190. The number of hydrogen-bond donors (Lipinski definition) is 0. The van der Waals surface area contributed by atoms with Crippen LogP contribution >= 0.6 is 0 Å². The molecule has 0 aromatic rings. The van der Waals surface area contributed by atoms with E-state index in [2.05, 4.69) is 23.1 Å². The van der Waals surface area contributed by atoms with Gasteiger partial charge in [0.1, 0.15) is 0 Å². The van der Waals surface area contributed by atoms with E-state index in [-0.39, 0.29) is 5.66 Å². The molecule has 1 rings (SSSR count). The SMILES string of the molecule is C=CCC1(CC=C)N=CC=N1. The second-order valence-corrected chi connectivity index (χ2v) is 2.52. The van der Waals surface area contributed by atoms with Gasteiger partial charge in [0.05, 0.1) is 0 Å². The van der Waals surface area contributed by atoms with Crippen LogP contribution in [0.1, 0.15) is 12.8 Å². The molecular formula is C9H12N2. The molecule has 58 valence electrons. The van der Waals surface area contributed by atoms with E-state index in [1.54, 1.807) is 12.4 Å². The lowest BCUT2D eigenvalue weighted by Gasteiger charge is -2.18. The molecule has 2 nitrogen and oxygen atoms in total. The number of aliphatic imine (C=N–C) groups is 2. The van der Waals surface area contributed by atoms with Gasteiger partial charge in [0, 0.05) is 25.3 Å². The Labute approximate surface area is 67.1 Å². The van der Waals surface area contributed by atoms with Crippen molar-refractivity contribution in [3.05, 3.63) is 25.3 Å². The summed E-state index contributed by atoms with van der Waals surface area (Å²) in [5.41, 5.74) is -0.302. The van der Waals surface area contributed by atoms with Gasteiger partial charge in [0.25, 0.3) is 0 Å². The quantitative estimate of drug-likeness (QED) is 0.545. The summed E-state index contributed by atoms with van der Waals surface area (Å²) in [4.78, 5) is 8.51. The van der Waals surface area contributed by atoms with Crippen molar-refractivity contribution in [1.29, 1.82) is 0 Å². The first-order chi connectivity index (χ1) is 5.33. The average Bonchev–Trinajstić information content (AvgIpc) is 2.39. The molecule has 0 saturated heterocycles. The molecule has 11 heavy (non-hydrogen) atoms. The summed E-state index contributed by atoms with van der Waals surface area (Å²) in [6.07, 6.45) is 8.70. The summed E-state index contributed by atoms with van der Waals surface area (Å²) in [5.74, 6) is 0. The minimum Gasteiger partial charge on any atom is -0.261 e. The third kappa shape index (κ3) is 1.64. The predicted octanol–water partition coefficient (Wildman–Crippen LogP) is 1.99. The molecule has 0 radical (unpaired) electrons. The predicted molar refractivity (Wildman–Crippen MR) is 49.3 cm³/mol. The Hall–Kier alpha value is -1.18. The van der Waals surface area contributed by atoms with Crippen molar-refractivity contribution < 1.29 is 0 Å². The molecule has 0 bridgehead atoms. The van der Waals surface area contributed by atoms with Crippen LogP contribution in [-0.2, 0) is 0 Å². The lowest BCUT2D eigenvalue weighted by Crippen LogP contribution is -2.19. The Balaban J connectivity index is 2.70. The minimum absolute atomic E-state index is 0.302. The maximum Gasteiger partial charge on any atom is 0.156 e. The molecular weight excluding hydrogens is 136 g/mol. The standard InChI is InChI=1S/C9H12N2/c1-3-5-9(6-4-2)10-7-8-11-9/h3-4,7-8H,1-2,5-6H2. The summed E-state index contributed by atoms with van der Waals surface area (Å²) in [7, 11) is 0. The van der Waals surface area contributed by atoms with Crippen LogP contribution in [0.3, 0.4) is 0 Å². The third-order valence-corrected chi connectivity index (χ3v) is 1.64. The van der Waals surface area contributed by atoms with Crippen LogP contribution in [-0.4, -0.2) is 18.1 Å². The highest BCUT2D eigenvalue weighted by Crippen LogP contribution is 2.25. The molecule has 0 fully saturated rings. The van der Waals surface area contributed by atoms with E-state index in [1.807, 2.05) is 12.2 Å². The molecule has 1 aliphatic rings. The lowest BCUT2D eigenvalue weighted by molar-refractivity contribution is 0.473. The molecule has 0 spiro atoms. The van der Waals surface area contributed by atoms with Gasteiger partial charge in [0.15, 0.2) is 5.66 Å². The van der Waals surface area contributed by atoms with Crippen LogP contribution in [0, 0.1) is 0 Å². The van der Waals surface area contributed by atoms with E-state index in [9.17, 15) is 0 Å². The van der Waals surface area contributed by atoms with E-state index in [4.69, 9.17) is 0 Å². The van der Waals surface area contributed by atoms with Gasteiger partial charge in [-0.1, -0.05) is 12.2 Å². The molecule has 0 saturated carbocycles. The molecule has 0 aliphatic carbocycles. The maximum absolute atomic E-state index is 4.26. The molecule has 1 heterocycles. The average molecular weight is 148 g/mol. The first kappa shape index (κ1) is 7.92. The molecule has 0 aromatic heterocycles. The number of nitrogens with zero attached hydrogens (tertiary/aromatic N) is 2. The maximum atomic E-state index is 4.26. The second kappa shape index (κ2) is 3.28. The normalized spacial score (nSPS) is 18.5. The monoisotopic (exact) mass is 148 g/mol. The first-order valence-electron chi connectivity index (χ1n) is 3.64. The van der Waals surface area contributed by atoms with Gasteiger partial charge < -0.3 is 0 Å². The smallest absolute Gasteiger partial charge is 0.156 e. The van der Waals surface area contributed by atoms with Crippen molar-refractivity contribution in [2.45, 2.75) is 18.5 Å². The molecule has 1 aliphatic heterocycles. The summed E-state index contributed by atoms with van der Waals surface area (Å²) >= 11 is 0. The van der Waals surface area contributed by atoms with Gasteiger partial charge in [-0.2, -0.15) is 0 Å². The van der Waals surface area contributed by atoms with Crippen LogP contribution in [0.25, 0.3) is 0 Å². The van der Waals surface area contributed by atoms with Gasteiger partial charge in [-0.05, 0) is 0 Å². The molecule has 0 aromatic carbocycles. The summed E-state index contributed by atoms with van der Waals surface area (Å²) < 4.78 is 0. The highest BCUT2D eigenvalue weighted by molar-refractivity contribution is 6.17. The number of hydrogen-bond acceptors (Lipinski definition) is 2. The first-order valence-corrected chi connectivity index (χ1v) is 3.64. The van der Waals surface area contributed by atoms with Crippen molar-refractivity contribution in [2.24, 2.45) is 9.98 Å². The van der Waals surface area contributed by atoms with E-state index in [0.29, 0.717) is 0 Å². The third-order valence-electron chi connectivity index (χ3n) is 1.64. The minimum atomic E-state index is -0.302. The van der Waals surface area contributed by atoms with E-state index < -0.39 is 0 Å². The fourth-order valence-electron chi connectivity index (χ4n) is 1.13. The molecule has 0 N–H and O–H groups in total. The van der Waals surface area contributed by atoms with Gasteiger partial charge in [-0.25, -0.2) is 0 Å². The van der Waals surface area contributed by atoms with Crippen LogP contribution in [0.15, 0.2) is 35.3 Å². The van der Waals surface area contributed by atoms with E-state index in [0.717, 1.165) is 12.8 Å². The van der Waals surface area contributed by atoms with Gasteiger partial charge in [0.2, 0.25) is 0 Å². The molecule has 0 atom stereocenters. The Morgan fingerprint density at radius 2 is 1.55 bits per heavy atom. The summed E-state index contributed by atoms with van der Waals surface area (Å²) in [5, 5.41) is 0. The highest BCUT2D eigenvalue weighted by atomic mass is 15.1. The Morgan fingerprint density at radius 1 is 1.09 bits per heavy atom. The zero-order valence-corrected chi connectivity index (χ0v) is 6.53. The van der Waals surface area contributed by atoms with Gasteiger partial charge >= 0.3 is 0 Å². The van der Waals surface area contributed by atoms with Gasteiger partial charge in [-0.15, -0.1) is 13.2 Å². The largest absolute Gasteiger partial charge is 0.261 e. The summed E-state index contributed by atoms with van der Waals surface area (Å²) in [6.45, 7) is 7.34.